The highest BCUT2D eigenvalue weighted by atomic mass is 35.5. The minimum absolute atomic E-state index is 0.0891. The van der Waals surface area contributed by atoms with Gasteiger partial charge >= 0.3 is 0 Å². The molecule has 0 bridgehead atoms. The number of aromatic nitrogens is 1. The molecular formula is C14H21ClN2O2. The van der Waals surface area contributed by atoms with E-state index in [1.165, 1.54) is 0 Å². The summed E-state index contributed by atoms with van der Waals surface area (Å²) in [6.45, 7) is 3.32. The van der Waals surface area contributed by atoms with E-state index in [-0.39, 0.29) is 12.0 Å². The standard InChI is InChI=1S/C14H21ClN2O2/c1-2-17-9-11(15)7-13(17)14(19)16-8-10-4-3-5-12(18)6-10/h7,9-10,12,18H,2-6,8H2,1H3,(H,16,19). The fourth-order valence-electron chi connectivity index (χ4n) is 2.70. The molecule has 1 fully saturated rings. The van der Waals surface area contributed by atoms with Crippen molar-refractivity contribution >= 4 is 17.5 Å². The maximum Gasteiger partial charge on any atom is 0.267 e. The highest BCUT2D eigenvalue weighted by Crippen LogP contribution is 2.23. The predicted molar refractivity (Wildman–Crippen MR) is 75.4 cm³/mol. The van der Waals surface area contributed by atoms with E-state index in [0.29, 0.717) is 23.2 Å². The van der Waals surface area contributed by atoms with E-state index in [1.807, 2.05) is 11.5 Å². The molecule has 0 aliphatic heterocycles. The lowest BCUT2D eigenvalue weighted by Gasteiger charge is -2.25. The first-order valence-corrected chi connectivity index (χ1v) is 7.30. The molecule has 2 unspecified atom stereocenters. The van der Waals surface area contributed by atoms with Crippen LogP contribution in [0.5, 0.6) is 0 Å². The van der Waals surface area contributed by atoms with E-state index in [0.717, 1.165) is 32.2 Å². The molecule has 1 aromatic heterocycles. The summed E-state index contributed by atoms with van der Waals surface area (Å²) >= 11 is 5.92. The number of rotatable bonds is 4. The number of hydrogen-bond donors (Lipinski definition) is 2. The van der Waals surface area contributed by atoms with E-state index < -0.39 is 0 Å². The number of hydrogen-bond acceptors (Lipinski definition) is 2. The third-order valence-electron chi connectivity index (χ3n) is 3.74. The van der Waals surface area contributed by atoms with Gasteiger partial charge in [-0.3, -0.25) is 4.79 Å². The molecular weight excluding hydrogens is 264 g/mol. The Labute approximate surface area is 118 Å². The monoisotopic (exact) mass is 284 g/mol. The van der Waals surface area contributed by atoms with Crippen LogP contribution in [0.2, 0.25) is 5.02 Å². The number of nitrogens with one attached hydrogen (secondary N) is 1. The summed E-state index contributed by atoms with van der Waals surface area (Å²) in [6.07, 6.45) is 5.35. The van der Waals surface area contributed by atoms with Gasteiger partial charge < -0.3 is 15.0 Å². The van der Waals surface area contributed by atoms with Crippen LogP contribution in [-0.2, 0) is 6.54 Å². The van der Waals surface area contributed by atoms with Crippen molar-refractivity contribution in [3.63, 3.8) is 0 Å². The Morgan fingerprint density at radius 2 is 2.37 bits per heavy atom. The zero-order valence-corrected chi connectivity index (χ0v) is 12.0. The number of amides is 1. The van der Waals surface area contributed by atoms with E-state index in [4.69, 9.17) is 11.6 Å². The number of nitrogens with zero attached hydrogens (tertiary/aromatic N) is 1. The molecule has 0 aromatic carbocycles. The largest absolute Gasteiger partial charge is 0.393 e. The van der Waals surface area contributed by atoms with Crippen LogP contribution in [0.25, 0.3) is 0 Å². The van der Waals surface area contributed by atoms with Crippen LogP contribution in [0, 0.1) is 5.92 Å². The van der Waals surface area contributed by atoms with Crippen molar-refractivity contribution < 1.29 is 9.90 Å². The third-order valence-corrected chi connectivity index (χ3v) is 3.95. The molecule has 2 N–H and O–H groups in total. The minimum atomic E-state index is -0.204. The molecule has 5 heteroatoms. The van der Waals surface area contributed by atoms with Gasteiger partial charge in [-0.05, 0) is 38.2 Å². The molecule has 0 radical (unpaired) electrons. The summed E-state index contributed by atoms with van der Waals surface area (Å²) in [5.74, 6) is 0.294. The van der Waals surface area contributed by atoms with Crippen LogP contribution < -0.4 is 5.32 Å². The second kappa shape index (κ2) is 6.44. The van der Waals surface area contributed by atoms with Gasteiger partial charge in [-0.2, -0.15) is 0 Å². The second-order valence-electron chi connectivity index (χ2n) is 5.23. The van der Waals surface area contributed by atoms with Gasteiger partial charge in [0.1, 0.15) is 5.69 Å². The Morgan fingerprint density at radius 1 is 1.58 bits per heavy atom. The van der Waals surface area contributed by atoms with E-state index >= 15 is 0 Å². The van der Waals surface area contributed by atoms with Gasteiger partial charge in [-0.25, -0.2) is 0 Å². The summed E-state index contributed by atoms with van der Waals surface area (Å²) < 4.78 is 1.84. The van der Waals surface area contributed by atoms with Crippen molar-refractivity contribution in [2.45, 2.75) is 45.3 Å². The Balaban J connectivity index is 1.90. The number of aliphatic hydroxyl groups is 1. The van der Waals surface area contributed by atoms with Crippen molar-refractivity contribution in [2.75, 3.05) is 6.54 Å². The average Bonchev–Trinajstić information content (AvgIpc) is 2.77. The number of aliphatic hydroxyl groups excluding tert-OH is 1. The van der Waals surface area contributed by atoms with E-state index in [9.17, 15) is 9.90 Å². The van der Waals surface area contributed by atoms with Crippen LogP contribution in [0.1, 0.15) is 43.1 Å². The molecule has 1 aromatic rings. The lowest BCUT2D eigenvalue weighted by atomic mass is 9.87. The van der Waals surface area contributed by atoms with Crippen molar-refractivity contribution in [3.05, 3.63) is 23.0 Å². The smallest absolute Gasteiger partial charge is 0.267 e. The molecule has 1 aliphatic rings. The highest BCUT2D eigenvalue weighted by Gasteiger charge is 2.21. The zero-order valence-electron chi connectivity index (χ0n) is 11.2. The summed E-state index contributed by atoms with van der Waals surface area (Å²) in [6, 6.07) is 1.69. The maximum absolute atomic E-state index is 12.1. The second-order valence-corrected chi connectivity index (χ2v) is 5.66. The Hall–Kier alpha value is -1.00. The molecule has 0 saturated heterocycles. The lowest BCUT2D eigenvalue weighted by Crippen LogP contribution is -2.33. The summed E-state index contributed by atoms with van der Waals surface area (Å²) in [5.41, 5.74) is 0.601. The third kappa shape index (κ3) is 3.74. The van der Waals surface area contributed by atoms with E-state index in [1.54, 1.807) is 12.3 Å². The van der Waals surface area contributed by atoms with Crippen molar-refractivity contribution in [2.24, 2.45) is 5.92 Å². The van der Waals surface area contributed by atoms with Gasteiger partial charge in [-0.15, -0.1) is 0 Å². The van der Waals surface area contributed by atoms with Crippen LogP contribution >= 0.6 is 11.6 Å². The SMILES string of the molecule is CCn1cc(Cl)cc1C(=O)NCC1CCCC(O)C1. The van der Waals surface area contributed by atoms with Crippen LogP contribution in [-0.4, -0.2) is 28.2 Å². The molecule has 19 heavy (non-hydrogen) atoms. The van der Waals surface area contributed by atoms with Gasteiger partial charge in [0, 0.05) is 19.3 Å². The normalized spacial score (nSPS) is 23.3. The van der Waals surface area contributed by atoms with Crippen LogP contribution in [0.4, 0.5) is 0 Å². The van der Waals surface area contributed by atoms with Gasteiger partial charge in [0.05, 0.1) is 11.1 Å². The first-order chi connectivity index (χ1) is 9.10. The average molecular weight is 285 g/mol. The van der Waals surface area contributed by atoms with Gasteiger partial charge in [0.2, 0.25) is 0 Å². The summed E-state index contributed by atoms with van der Waals surface area (Å²) in [4.78, 5) is 12.1. The quantitative estimate of drug-likeness (QED) is 0.892. The van der Waals surface area contributed by atoms with Crippen molar-refractivity contribution in [3.8, 4) is 0 Å². The van der Waals surface area contributed by atoms with Gasteiger partial charge in [0.25, 0.3) is 5.91 Å². The van der Waals surface area contributed by atoms with Crippen molar-refractivity contribution in [1.29, 1.82) is 0 Å². The molecule has 1 saturated carbocycles. The molecule has 1 amide bonds. The van der Waals surface area contributed by atoms with Crippen LogP contribution in [0.3, 0.4) is 0 Å². The highest BCUT2D eigenvalue weighted by molar-refractivity contribution is 6.31. The topological polar surface area (TPSA) is 54.3 Å². The molecule has 106 valence electrons. The Morgan fingerprint density at radius 3 is 3.05 bits per heavy atom. The number of carbonyl (C=O) groups excluding carboxylic acids is 1. The Bertz CT molecular complexity index is 445. The first-order valence-electron chi connectivity index (χ1n) is 6.92. The van der Waals surface area contributed by atoms with Crippen molar-refractivity contribution in [1.82, 2.24) is 9.88 Å². The van der Waals surface area contributed by atoms with E-state index in [2.05, 4.69) is 5.32 Å². The minimum Gasteiger partial charge on any atom is -0.393 e. The van der Waals surface area contributed by atoms with Crippen LogP contribution in [0.15, 0.2) is 12.3 Å². The molecule has 4 nitrogen and oxygen atoms in total. The molecule has 0 spiro atoms. The summed E-state index contributed by atoms with van der Waals surface area (Å²) in [5, 5.41) is 13.1. The molecule has 2 atom stereocenters. The lowest BCUT2D eigenvalue weighted by molar-refractivity contribution is 0.0867. The predicted octanol–water partition coefficient (Wildman–Crippen LogP) is 2.44. The fourth-order valence-corrected chi connectivity index (χ4v) is 2.92. The Kier molecular flexibility index (Phi) is 4.88. The number of aryl methyl sites for hydroxylation is 1. The first kappa shape index (κ1) is 14.4. The number of carbonyl (C=O) groups is 1. The van der Waals surface area contributed by atoms with Gasteiger partial charge in [0.15, 0.2) is 0 Å². The molecule has 1 aliphatic carbocycles. The molecule has 2 rings (SSSR count). The number of halogens is 1. The zero-order chi connectivity index (χ0) is 13.8. The fraction of sp³-hybridized carbons (Fsp3) is 0.643. The maximum atomic E-state index is 12.1. The molecule has 1 heterocycles. The van der Waals surface area contributed by atoms with Gasteiger partial charge in [-0.1, -0.05) is 18.0 Å². The summed E-state index contributed by atoms with van der Waals surface area (Å²) in [7, 11) is 0.